The molecule has 2 heterocycles. The summed E-state index contributed by atoms with van der Waals surface area (Å²) in [5.41, 5.74) is 8.34. The highest BCUT2D eigenvalue weighted by atomic mass is 35.5. The monoisotopic (exact) mass is 389 g/mol. The number of para-hydroxylation sites is 1. The van der Waals surface area contributed by atoms with Crippen molar-refractivity contribution in [3.05, 3.63) is 35.3 Å². The van der Waals surface area contributed by atoms with Gasteiger partial charge in [-0.25, -0.2) is 4.98 Å². The zero-order valence-corrected chi connectivity index (χ0v) is 16.5. The number of hydrogen-bond acceptors (Lipinski definition) is 5. The van der Waals surface area contributed by atoms with E-state index < -0.39 is 0 Å². The third-order valence-corrected chi connectivity index (χ3v) is 5.33. The van der Waals surface area contributed by atoms with Crippen LogP contribution < -0.4 is 10.5 Å². The van der Waals surface area contributed by atoms with Crippen molar-refractivity contribution in [2.24, 2.45) is 11.1 Å². The van der Waals surface area contributed by atoms with Crippen LogP contribution in [0.25, 0.3) is 10.6 Å². The van der Waals surface area contributed by atoms with Gasteiger partial charge in [0.2, 0.25) is 0 Å². The van der Waals surface area contributed by atoms with Gasteiger partial charge in [-0.2, -0.15) is 0 Å². The minimum absolute atomic E-state index is 0. The van der Waals surface area contributed by atoms with Crippen LogP contribution in [0.5, 0.6) is 5.75 Å². The Bertz CT molecular complexity index is 652. The SMILES string of the molecule is COc1ccccc1-c1nc(CN2CCC(C)(CN)C2)cs1.Cl.Cl. The number of halogens is 2. The van der Waals surface area contributed by atoms with Crippen LogP contribution in [0.4, 0.5) is 0 Å². The van der Waals surface area contributed by atoms with E-state index in [9.17, 15) is 0 Å². The first-order valence-electron chi connectivity index (χ1n) is 7.64. The van der Waals surface area contributed by atoms with Crippen LogP contribution >= 0.6 is 36.2 Å². The van der Waals surface area contributed by atoms with Gasteiger partial charge in [-0.05, 0) is 37.1 Å². The summed E-state index contributed by atoms with van der Waals surface area (Å²) in [4.78, 5) is 7.24. The van der Waals surface area contributed by atoms with E-state index in [1.54, 1.807) is 18.4 Å². The van der Waals surface area contributed by atoms with Gasteiger partial charge in [0, 0.05) is 18.5 Å². The van der Waals surface area contributed by atoms with E-state index in [1.807, 2.05) is 18.2 Å². The largest absolute Gasteiger partial charge is 0.496 e. The Morgan fingerprint density at radius 1 is 1.33 bits per heavy atom. The van der Waals surface area contributed by atoms with Gasteiger partial charge >= 0.3 is 0 Å². The highest BCUT2D eigenvalue weighted by Crippen LogP contribution is 2.33. The van der Waals surface area contributed by atoms with E-state index in [2.05, 4.69) is 23.3 Å². The van der Waals surface area contributed by atoms with E-state index >= 15 is 0 Å². The lowest BCUT2D eigenvalue weighted by Gasteiger charge is -2.22. The summed E-state index contributed by atoms with van der Waals surface area (Å²) in [6, 6.07) is 8.03. The van der Waals surface area contributed by atoms with Gasteiger partial charge in [0.1, 0.15) is 10.8 Å². The molecule has 3 rings (SSSR count). The fourth-order valence-electron chi connectivity index (χ4n) is 2.98. The molecule has 1 aliphatic heterocycles. The Kier molecular flexibility index (Phi) is 7.96. The van der Waals surface area contributed by atoms with Gasteiger partial charge in [0.05, 0.1) is 18.4 Å². The van der Waals surface area contributed by atoms with Crippen LogP contribution in [-0.4, -0.2) is 36.6 Å². The standard InChI is InChI=1S/C17H23N3OS.2ClH/c1-17(11-18)7-8-20(12-17)9-13-10-22-16(19-13)14-5-3-4-6-15(14)21-2;;/h3-6,10H,7-9,11-12,18H2,1-2H3;2*1H. The maximum Gasteiger partial charge on any atom is 0.129 e. The van der Waals surface area contributed by atoms with Crippen molar-refractivity contribution in [2.45, 2.75) is 19.9 Å². The Labute approximate surface area is 160 Å². The van der Waals surface area contributed by atoms with Crippen LogP contribution in [0.1, 0.15) is 19.0 Å². The smallest absolute Gasteiger partial charge is 0.129 e. The van der Waals surface area contributed by atoms with E-state index in [1.165, 1.54) is 6.42 Å². The predicted molar refractivity (Wildman–Crippen MR) is 106 cm³/mol. The van der Waals surface area contributed by atoms with E-state index in [-0.39, 0.29) is 30.2 Å². The summed E-state index contributed by atoms with van der Waals surface area (Å²) in [5.74, 6) is 0.875. The summed E-state index contributed by atoms with van der Waals surface area (Å²) >= 11 is 1.68. The van der Waals surface area contributed by atoms with E-state index in [4.69, 9.17) is 15.5 Å². The third-order valence-electron chi connectivity index (χ3n) is 4.40. The lowest BCUT2D eigenvalue weighted by Crippen LogP contribution is -2.31. The average Bonchev–Trinajstić information content (AvgIpc) is 3.15. The molecule has 2 aromatic rings. The molecule has 1 aromatic heterocycles. The quantitative estimate of drug-likeness (QED) is 0.843. The molecule has 0 spiro atoms. The predicted octanol–water partition coefficient (Wildman–Crippen LogP) is 3.83. The second kappa shape index (κ2) is 9.02. The molecule has 1 aromatic carbocycles. The Morgan fingerprint density at radius 3 is 2.75 bits per heavy atom. The van der Waals surface area contributed by atoms with Gasteiger partial charge in [-0.3, -0.25) is 4.90 Å². The number of rotatable bonds is 5. The molecular formula is C17H25Cl2N3OS. The van der Waals surface area contributed by atoms with Crippen LogP contribution in [0.15, 0.2) is 29.6 Å². The van der Waals surface area contributed by atoms with Gasteiger partial charge in [0.15, 0.2) is 0 Å². The molecule has 1 atom stereocenters. The molecule has 1 aliphatic rings. The molecule has 0 amide bonds. The Hall–Kier alpha value is -0.850. The summed E-state index contributed by atoms with van der Waals surface area (Å²) in [7, 11) is 1.70. The lowest BCUT2D eigenvalue weighted by atomic mass is 9.90. The van der Waals surface area contributed by atoms with E-state index in [0.29, 0.717) is 0 Å². The molecule has 1 unspecified atom stereocenters. The number of ether oxygens (including phenoxy) is 1. The summed E-state index contributed by atoms with van der Waals surface area (Å²) < 4.78 is 5.43. The van der Waals surface area contributed by atoms with Crippen molar-refractivity contribution >= 4 is 36.2 Å². The number of benzene rings is 1. The molecule has 0 aliphatic carbocycles. The first-order valence-corrected chi connectivity index (χ1v) is 8.52. The maximum atomic E-state index is 5.88. The molecule has 7 heteroatoms. The van der Waals surface area contributed by atoms with Crippen molar-refractivity contribution in [1.29, 1.82) is 0 Å². The molecule has 24 heavy (non-hydrogen) atoms. The van der Waals surface area contributed by atoms with E-state index in [0.717, 1.165) is 48.2 Å². The first-order chi connectivity index (χ1) is 10.6. The van der Waals surface area contributed by atoms with Crippen LogP contribution in [0.2, 0.25) is 0 Å². The number of nitrogens with two attached hydrogens (primary N) is 1. The minimum atomic E-state index is 0. The molecule has 0 radical (unpaired) electrons. The summed E-state index contributed by atoms with van der Waals surface area (Å²) in [6.45, 7) is 6.10. The van der Waals surface area contributed by atoms with Crippen molar-refractivity contribution in [1.82, 2.24) is 9.88 Å². The maximum absolute atomic E-state index is 5.88. The van der Waals surface area contributed by atoms with Crippen molar-refractivity contribution in [3.63, 3.8) is 0 Å². The average molecular weight is 390 g/mol. The topological polar surface area (TPSA) is 51.4 Å². The fourth-order valence-corrected chi connectivity index (χ4v) is 3.82. The molecule has 0 saturated carbocycles. The number of hydrogen-bond donors (Lipinski definition) is 1. The van der Waals surface area contributed by atoms with Crippen molar-refractivity contribution in [3.8, 4) is 16.3 Å². The highest BCUT2D eigenvalue weighted by Gasteiger charge is 2.32. The van der Waals surface area contributed by atoms with Gasteiger partial charge in [-0.1, -0.05) is 19.1 Å². The zero-order chi connectivity index (χ0) is 15.6. The fraction of sp³-hybridized carbons (Fsp3) is 0.471. The Balaban J connectivity index is 0.00000144. The molecule has 2 N–H and O–H groups in total. The first kappa shape index (κ1) is 21.2. The third kappa shape index (κ3) is 4.61. The molecule has 1 saturated heterocycles. The van der Waals surface area contributed by atoms with Crippen LogP contribution in [0, 0.1) is 5.41 Å². The molecule has 1 fully saturated rings. The normalized spacial score (nSPS) is 20.3. The number of aromatic nitrogens is 1. The van der Waals surface area contributed by atoms with Crippen LogP contribution in [-0.2, 0) is 6.54 Å². The second-order valence-corrected chi connectivity index (χ2v) is 7.18. The lowest BCUT2D eigenvalue weighted by molar-refractivity contribution is 0.272. The van der Waals surface area contributed by atoms with Crippen molar-refractivity contribution < 1.29 is 4.74 Å². The minimum Gasteiger partial charge on any atom is -0.496 e. The molecule has 134 valence electrons. The summed E-state index contributed by atoms with van der Waals surface area (Å²) in [5, 5.41) is 3.17. The number of thiazole rings is 1. The molecule has 4 nitrogen and oxygen atoms in total. The van der Waals surface area contributed by atoms with Crippen LogP contribution in [0.3, 0.4) is 0 Å². The Morgan fingerprint density at radius 2 is 2.08 bits per heavy atom. The summed E-state index contributed by atoms with van der Waals surface area (Å²) in [6.07, 6.45) is 1.17. The highest BCUT2D eigenvalue weighted by molar-refractivity contribution is 7.13. The zero-order valence-electron chi connectivity index (χ0n) is 14.0. The number of methoxy groups -OCH3 is 1. The van der Waals surface area contributed by atoms with Gasteiger partial charge in [0.25, 0.3) is 0 Å². The van der Waals surface area contributed by atoms with Gasteiger partial charge in [-0.15, -0.1) is 36.2 Å². The van der Waals surface area contributed by atoms with Crippen molar-refractivity contribution in [2.75, 3.05) is 26.7 Å². The molecular weight excluding hydrogens is 365 g/mol. The second-order valence-electron chi connectivity index (χ2n) is 6.32. The van der Waals surface area contributed by atoms with Gasteiger partial charge < -0.3 is 10.5 Å². The number of likely N-dealkylation sites (tertiary alicyclic amines) is 1. The number of nitrogens with zero attached hydrogens (tertiary/aromatic N) is 2. The molecule has 0 bridgehead atoms.